The van der Waals surface area contributed by atoms with Gasteiger partial charge < -0.3 is 5.32 Å². The van der Waals surface area contributed by atoms with Crippen molar-refractivity contribution in [3.8, 4) is 0 Å². The van der Waals surface area contributed by atoms with Crippen molar-refractivity contribution in [3.63, 3.8) is 0 Å². The van der Waals surface area contributed by atoms with Crippen LogP contribution in [0.5, 0.6) is 0 Å². The molecular weight excluding hydrogens is 214 g/mol. The van der Waals surface area contributed by atoms with E-state index in [0.29, 0.717) is 0 Å². The number of aryl methyl sites for hydroxylation is 1. The van der Waals surface area contributed by atoms with Crippen LogP contribution in [-0.4, -0.2) is 32.8 Å². The van der Waals surface area contributed by atoms with Gasteiger partial charge in [0, 0.05) is 44.9 Å². The van der Waals surface area contributed by atoms with E-state index in [2.05, 4.69) is 20.4 Å². The lowest BCUT2D eigenvalue weighted by molar-refractivity contribution is 0.654. The first-order valence-electron chi connectivity index (χ1n) is 5.80. The Hall–Kier alpha value is -1.75. The number of aromatic nitrogens is 4. The molecule has 0 aliphatic heterocycles. The molecule has 2 heterocycles. The van der Waals surface area contributed by atoms with Gasteiger partial charge in [0.15, 0.2) is 5.82 Å². The quantitative estimate of drug-likeness (QED) is 0.739. The Kier molecular flexibility index (Phi) is 4.21. The van der Waals surface area contributed by atoms with Gasteiger partial charge in [-0.2, -0.15) is 5.10 Å². The maximum atomic E-state index is 4.27. The van der Waals surface area contributed by atoms with E-state index >= 15 is 0 Å². The lowest BCUT2D eigenvalue weighted by atomic mass is 10.2. The molecule has 2 rings (SSSR count). The second-order valence-corrected chi connectivity index (χ2v) is 3.91. The second-order valence-electron chi connectivity index (χ2n) is 3.91. The van der Waals surface area contributed by atoms with Crippen LogP contribution in [0.1, 0.15) is 11.5 Å². The number of pyridine rings is 1. The van der Waals surface area contributed by atoms with Gasteiger partial charge in [0.2, 0.25) is 0 Å². The van der Waals surface area contributed by atoms with Gasteiger partial charge in [0.25, 0.3) is 0 Å². The number of hydrogen-bond acceptors (Lipinski definition) is 4. The molecule has 0 radical (unpaired) electrons. The van der Waals surface area contributed by atoms with Crippen molar-refractivity contribution in [1.82, 2.24) is 25.1 Å². The minimum absolute atomic E-state index is 0.864. The summed E-state index contributed by atoms with van der Waals surface area (Å²) >= 11 is 0. The van der Waals surface area contributed by atoms with E-state index in [1.807, 2.05) is 31.4 Å². The van der Waals surface area contributed by atoms with Gasteiger partial charge in [-0.3, -0.25) is 9.67 Å². The monoisotopic (exact) mass is 231 g/mol. The smallest absolute Gasteiger partial charge is 0.151 e. The predicted octanol–water partition coefficient (Wildman–Crippen LogP) is 0.585. The minimum Gasteiger partial charge on any atom is -0.316 e. The lowest BCUT2D eigenvalue weighted by Crippen LogP contribution is -2.20. The van der Waals surface area contributed by atoms with E-state index in [0.717, 1.165) is 37.4 Å². The summed E-state index contributed by atoms with van der Waals surface area (Å²) in [4.78, 5) is 8.44. The highest BCUT2D eigenvalue weighted by Crippen LogP contribution is 1.93. The van der Waals surface area contributed by atoms with Crippen molar-refractivity contribution in [2.24, 2.45) is 7.05 Å². The average molecular weight is 231 g/mol. The van der Waals surface area contributed by atoms with Crippen LogP contribution in [0.15, 0.2) is 30.7 Å². The van der Waals surface area contributed by atoms with Gasteiger partial charge in [-0.25, -0.2) is 4.98 Å². The third-order valence-electron chi connectivity index (χ3n) is 2.46. The molecule has 0 aromatic carbocycles. The van der Waals surface area contributed by atoms with E-state index in [1.54, 1.807) is 11.0 Å². The fourth-order valence-electron chi connectivity index (χ4n) is 1.59. The fourth-order valence-corrected chi connectivity index (χ4v) is 1.59. The van der Waals surface area contributed by atoms with Gasteiger partial charge in [0.1, 0.15) is 6.33 Å². The Bertz CT molecular complexity index is 437. The molecule has 0 amide bonds. The van der Waals surface area contributed by atoms with Crippen molar-refractivity contribution in [2.45, 2.75) is 12.8 Å². The zero-order valence-electron chi connectivity index (χ0n) is 10.0. The first-order chi connectivity index (χ1) is 8.34. The van der Waals surface area contributed by atoms with Crippen molar-refractivity contribution in [1.29, 1.82) is 0 Å². The van der Waals surface area contributed by atoms with Crippen LogP contribution in [0.2, 0.25) is 0 Å². The zero-order valence-corrected chi connectivity index (χ0v) is 10.0. The normalized spacial score (nSPS) is 10.6. The molecular formula is C12H17N5. The lowest BCUT2D eigenvalue weighted by Gasteiger charge is -2.02. The summed E-state index contributed by atoms with van der Waals surface area (Å²) < 4.78 is 1.73. The molecule has 0 aliphatic rings. The van der Waals surface area contributed by atoms with Crippen LogP contribution in [0.25, 0.3) is 0 Å². The molecule has 0 atom stereocenters. The SMILES string of the molecule is Cn1cnc(CCNCCc2ccccn2)n1. The molecule has 0 spiro atoms. The Balaban J connectivity index is 1.61. The number of nitrogens with one attached hydrogen (secondary N) is 1. The van der Waals surface area contributed by atoms with Gasteiger partial charge in [-0.15, -0.1) is 0 Å². The topological polar surface area (TPSA) is 55.6 Å². The van der Waals surface area contributed by atoms with E-state index in [-0.39, 0.29) is 0 Å². The summed E-state index contributed by atoms with van der Waals surface area (Å²) in [6, 6.07) is 5.99. The molecule has 5 heteroatoms. The fraction of sp³-hybridized carbons (Fsp3) is 0.417. The van der Waals surface area contributed by atoms with Gasteiger partial charge in [-0.05, 0) is 12.1 Å². The van der Waals surface area contributed by atoms with E-state index in [9.17, 15) is 0 Å². The van der Waals surface area contributed by atoms with Crippen molar-refractivity contribution < 1.29 is 0 Å². The maximum Gasteiger partial charge on any atom is 0.151 e. The molecule has 1 N–H and O–H groups in total. The van der Waals surface area contributed by atoms with Crippen molar-refractivity contribution in [3.05, 3.63) is 42.2 Å². The average Bonchev–Trinajstić information content (AvgIpc) is 2.76. The van der Waals surface area contributed by atoms with Crippen molar-refractivity contribution >= 4 is 0 Å². The van der Waals surface area contributed by atoms with Crippen LogP contribution in [0.3, 0.4) is 0 Å². The number of hydrogen-bond donors (Lipinski definition) is 1. The highest BCUT2D eigenvalue weighted by molar-refractivity contribution is 5.03. The largest absolute Gasteiger partial charge is 0.316 e. The summed E-state index contributed by atoms with van der Waals surface area (Å²) in [6.07, 6.45) is 5.37. The Morgan fingerprint density at radius 1 is 1.18 bits per heavy atom. The maximum absolute atomic E-state index is 4.27. The Labute approximate surface area is 101 Å². The highest BCUT2D eigenvalue weighted by Gasteiger charge is 1.98. The molecule has 0 bridgehead atoms. The molecule has 0 aliphatic carbocycles. The van der Waals surface area contributed by atoms with Crippen LogP contribution in [0, 0.1) is 0 Å². The molecule has 90 valence electrons. The predicted molar refractivity (Wildman–Crippen MR) is 65.5 cm³/mol. The van der Waals surface area contributed by atoms with Gasteiger partial charge in [0.05, 0.1) is 0 Å². The third-order valence-corrected chi connectivity index (χ3v) is 2.46. The molecule has 5 nitrogen and oxygen atoms in total. The zero-order chi connectivity index (χ0) is 11.9. The summed E-state index contributed by atoms with van der Waals surface area (Å²) in [5.41, 5.74) is 1.12. The Morgan fingerprint density at radius 3 is 2.76 bits per heavy atom. The molecule has 2 aromatic heterocycles. The van der Waals surface area contributed by atoms with Crippen LogP contribution >= 0.6 is 0 Å². The standard InChI is InChI=1S/C12H17N5/c1-17-10-15-12(16-17)6-9-13-8-5-11-4-2-3-7-14-11/h2-4,7,10,13H,5-6,8-9H2,1H3. The third kappa shape index (κ3) is 3.96. The molecule has 0 fully saturated rings. The van der Waals surface area contributed by atoms with Gasteiger partial charge in [-0.1, -0.05) is 6.07 Å². The highest BCUT2D eigenvalue weighted by atomic mass is 15.3. The van der Waals surface area contributed by atoms with E-state index < -0.39 is 0 Å². The molecule has 17 heavy (non-hydrogen) atoms. The summed E-state index contributed by atoms with van der Waals surface area (Å²) in [7, 11) is 1.88. The first-order valence-corrected chi connectivity index (χ1v) is 5.80. The van der Waals surface area contributed by atoms with Crippen molar-refractivity contribution in [2.75, 3.05) is 13.1 Å². The number of rotatable bonds is 6. The molecule has 2 aromatic rings. The summed E-state index contributed by atoms with van der Waals surface area (Å²) in [5.74, 6) is 0.887. The van der Waals surface area contributed by atoms with Gasteiger partial charge >= 0.3 is 0 Å². The summed E-state index contributed by atoms with van der Waals surface area (Å²) in [5, 5.41) is 7.58. The molecule has 0 saturated heterocycles. The minimum atomic E-state index is 0.864. The first kappa shape index (κ1) is 11.7. The van der Waals surface area contributed by atoms with E-state index in [1.165, 1.54) is 0 Å². The number of nitrogens with zero attached hydrogens (tertiary/aromatic N) is 4. The van der Waals surface area contributed by atoms with Crippen LogP contribution in [-0.2, 0) is 19.9 Å². The second kappa shape index (κ2) is 6.10. The summed E-state index contributed by atoms with van der Waals surface area (Å²) in [6.45, 7) is 1.83. The van der Waals surface area contributed by atoms with Crippen LogP contribution < -0.4 is 5.32 Å². The van der Waals surface area contributed by atoms with Crippen LogP contribution in [0.4, 0.5) is 0 Å². The Morgan fingerprint density at radius 2 is 2.06 bits per heavy atom. The molecule has 0 unspecified atom stereocenters. The molecule has 0 saturated carbocycles. The van der Waals surface area contributed by atoms with E-state index in [4.69, 9.17) is 0 Å².